The topological polar surface area (TPSA) is 34.1 Å². The fourth-order valence-electron chi connectivity index (χ4n) is 2.58. The zero-order chi connectivity index (χ0) is 16.1. The lowest BCUT2D eigenvalue weighted by Crippen LogP contribution is -2.03. The van der Waals surface area contributed by atoms with Crippen molar-refractivity contribution in [2.75, 3.05) is 12.4 Å². The predicted octanol–water partition coefficient (Wildman–Crippen LogP) is 4.68. The summed E-state index contributed by atoms with van der Waals surface area (Å²) in [6, 6.07) is 18.3. The van der Waals surface area contributed by atoms with Crippen LogP contribution in [0.5, 0.6) is 5.75 Å². The van der Waals surface area contributed by atoms with Crippen LogP contribution < -0.4 is 10.1 Å². The van der Waals surface area contributed by atoms with Crippen LogP contribution in [0.25, 0.3) is 11.1 Å². The highest BCUT2D eigenvalue weighted by atomic mass is 16.5. The second-order valence-electron chi connectivity index (χ2n) is 5.41. The molecule has 0 saturated heterocycles. The minimum atomic E-state index is 0.541. The number of aromatic nitrogens is 1. The summed E-state index contributed by atoms with van der Waals surface area (Å²) in [5.41, 5.74) is 5.70. The van der Waals surface area contributed by atoms with E-state index in [1.54, 1.807) is 6.20 Å². The number of anilines is 1. The van der Waals surface area contributed by atoms with Gasteiger partial charge in [-0.25, -0.2) is 0 Å². The number of aryl methyl sites for hydroxylation is 1. The molecule has 2 aromatic carbocycles. The molecule has 3 nitrogen and oxygen atoms in total. The third-order valence-corrected chi connectivity index (χ3v) is 3.89. The van der Waals surface area contributed by atoms with Gasteiger partial charge < -0.3 is 10.1 Å². The first-order valence-electron chi connectivity index (χ1n) is 7.67. The highest BCUT2D eigenvalue weighted by molar-refractivity contribution is 5.64. The average Bonchev–Trinajstić information content (AvgIpc) is 2.61. The Morgan fingerprint density at radius 2 is 1.83 bits per heavy atom. The molecule has 23 heavy (non-hydrogen) atoms. The summed E-state index contributed by atoms with van der Waals surface area (Å²) in [6.07, 6.45) is 3.64. The van der Waals surface area contributed by atoms with Crippen molar-refractivity contribution in [2.45, 2.75) is 13.5 Å². The minimum absolute atomic E-state index is 0.541. The molecule has 0 aliphatic carbocycles. The quantitative estimate of drug-likeness (QED) is 0.743. The van der Waals surface area contributed by atoms with Gasteiger partial charge in [0.15, 0.2) is 0 Å². The molecule has 3 heteroatoms. The Balaban J connectivity index is 1.80. The Labute approximate surface area is 137 Å². The molecule has 116 valence electrons. The van der Waals surface area contributed by atoms with E-state index in [-0.39, 0.29) is 0 Å². The van der Waals surface area contributed by atoms with Gasteiger partial charge in [-0.15, -0.1) is 0 Å². The number of hydrogen-bond donors (Lipinski definition) is 1. The van der Waals surface area contributed by atoms with Crippen LogP contribution in [0.2, 0.25) is 0 Å². The standard InChI is InChI=1S/C20H20N2O/c1-15-6-3-10-20(21-2)19(15)14-23-18-9-4-7-16(12-18)17-8-5-11-22-13-17/h3-13,21H,14H2,1-2H3. The smallest absolute Gasteiger partial charge is 0.120 e. The molecule has 0 spiro atoms. The van der Waals surface area contributed by atoms with Crippen molar-refractivity contribution < 1.29 is 4.74 Å². The lowest BCUT2D eigenvalue weighted by Gasteiger charge is -2.14. The van der Waals surface area contributed by atoms with E-state index in [0.29, 0.717) is 6.61 Å². The zero-order valence-corrected chi connectivity index (χ0v) is 13.4. The van der Waals surface area contributed by atoms with E-state index < -0.39 is 0 Å². The Bertz CT molecular complexity index is 785. The molecule has 3 rings (SSSR count). The molecule has 0 bridgehead atoms. The number of ether oxygens (including phenoxy) is 1. The number of nitrogens with one attached hydrogen (secondary N) is 1. The molecule has 1 heterocycles. The van der Waals surface area contributed by atoms with E-state index in [1.165, 1.54) is 11.1 Å². The Hall–Kier alpha value is -2.81. The molecular formula is C20H20N2O. The lowest BCUT2D eigenvalue weighted by atomic mass is 10.1. The molecule has 0 fully saturated rings. The van der Waals surface area contributed by atoms with Crippen LogP contribution in [0.15, 0.2) is 67.0 Å². The van der Waals surface area contributed by atoms with Gasteiger partial charge in [-0.05, 0) is 42.3 Å². The highest BCUT2D eigenvalue weighted by Gasteiger charge is 2.06. The summed E-state index contributed by atoms with van der Waals surface area (Å²) >= 11 is 0. The summed E-state index contributed by atoms with van der Waals surface area (Å²) in [7, 11) is 1.93. The van der Waals surface area contributed by atoms with Gasteiger partial charge >= 0.3 is 0 Å². The maximum atomic E-state index is 6.02. The Kier molecular flexibility index (Phi) is 4.57. The zero-order valence-electron chi connectivity index (χ0n) is 13.4. The maximum Gasteiger partial charge on any atom is 0.120 e. The van der Waals surface area contributed by atoms with Crippen molar-refractivity contribution in [1.82, 2.24) is 4.98 Å². The largest absolute Gasteiger partial charge is 0.489 e. The second-order valence-corrected chi connectivity index (χ2v) is 5.41. The van der Waals surface area contributed by atoms with Crippen LogP contribution in [-0.2, 0) is 6.61 Å². The second kappa shape index (κ2) is 6.97. The molecular weight excluding hydrogens is 284 g/mol. The van der Waals surface area contributed by atoms with Crippen molar-refractivity contribution >= 4 is 5.69 Å². The van der Waals surface area contributed by atoms with Crippen LogP contribution in [-0.4, -0.2) is 12.0 Å². The fourth-order valence-corrected chi connectivity index (χ4v) is 2.58. The molecule has 0 amide bonds. The van der Waals surface area contributed by atoms with E-state index in [0.717, 1.165) is 22.6 Å². The first-order chi connectivity index (χ1) is 11.3. The minimum Gasteiger partial charge on any atom is -0.489 e. The number of benzene rings is 2. The average molecular weight is 304 g/mol. The summed E-state index contributed by atoms with van der Waals surface area (Å²) < 4.78 is 6.02. The SMILES string of the molecule is CNc1cccc(C)c1COc1cccc(-c2cccnc2)c1. The Morgan fingerprint density at radius 3 is 2.61 bits per heavy atom. The molecule has 1 N–H and O–H groups in total. The van der Waals surface area contributed by atoms with Gasteiger partial charge in [0.05, 0.1) is 0 Å². The van der Waals surface area contributed by atoms with E-state index in [9.17, 15) is 0 Å². The molecule has 0 unspecified atom stereocenters. The highest BCUT2D eigenvalue weighted by Crippen LogP contribution is 2.25. The van der Waals surface area contributed by atoms with Gasteiger partial charge in [-0.1, -0.05) is 30.3 Å². The van der Waals surface area contributed by atoms with Crippen LogP contribution >= 0.6 is 0 Å². The Morgan fingerprint density at radius 1 is 1.00 bits per heavy atom. The van der Waals surface area contributed by atoms with Gasteiger partial charge in [0.1, 0.15) is 12.4 Å². The predicted molar refractivity (Wildman–Crippen MR) is 94.7 cm³/mol. The van der Waals surface area contributed by atoms with Gasteiger partial charge in [0, 0.05) is 36.3 Å². The van der Waals surface area contributed by atoms with Crippen molar-refractivity contribution in [2.24, 2.45) is 0 Å². The molecule has 1 aromatic heterocycles. The molecule has 0 radical (unpaired) electrons. The van der Waals surface area contributed by atoms with E-state index in [4.69, 9.17) is 4.74 Å². The fraction of sp³-hybridized carbons (Fsp3) is 0.150. The summed E-state index contributed by atoms with van der Waals surface area (Å²) in [6.45, 7) is 2.64. The first kappa shape index (κ1) is 15.1. The van der Waals surface area contributed by atoms with Crippen LogP contribution in [0.1, 0.15) is 11.1 Å². The molecule has 3 aromatic rings. The monoisotopic (exact) mass is 304 g/mol. The van der Waals surface area contributed by atoms with E-state index >= 15 is 0 Å². The van der Waals surface area contributed by atoms with Gasteiger partial charge in [-0.3, -0.25) is 4.98 Å². The normalized spacial score (nSPS) is 10.3. The summed E-state index contributed by atoms with van der Waals surface area (Å²) in [5.74, 6) is 0.858. The third-order valence-electron chi connectivity index (χ3n) is 3.89. The summed E-state index contributed by atoms with van der Waals surface area (Å²) in [5, 5.41) is 3.22. The number of rotatable bonds is 5. The number of pyridine rings is 1. The molecule has 0 aliphatic rings. The van der Waals surface area contributed by atoms with Crippen molar-refractivity contribution in [3.8, 4) is 16.9 Å². The van der Waals surface area contributed by atoms with Crippen molar-refractivity contribution in [1.29, 1.82) is 0 Å². The molecule has 0 aliphatic heterocycles. The van der Waals surface area contributed by atoms with Crippen LogP contribution in [0, 0.1) is 6.92 Å². The summed E-state index contributed by atoms with van der Waals surface area (Å²) in [4.78, 5) is 4.17. The van der Waals surface area contributed by atoms with Gasteiger partial charge in [-0.2, -0.15) is 0 Å². The van der Waals surface area contributed by atoms with Crippen LogP contribution in [0.4, 0.5) is 5.69 Å². The van der Waals surface area contributed by atoms with E-state index in [1.807, 2.05) is 49.6 Å². The van der Waals surface area contributed by atoms with Gasteiger partial charge in [0.25, 0.3) is 0 Å². The van der Waals surface area contributed by atoms with Crippen LogP contribution in [0.3, 0.4) is 0 Å². The molecule has 0 atom stereocenters. The first-order valence-corrected chi connectivity index (χ1v) is 7.67. The maximum absolute atomic E-state index is 6.02. The lowest BCUT2D eigenvalue weighted by molar-refractivity contribution is 0.306. The number of hydrogen-bond acceptors (Lipinski definition) is 3. The van der Waals surface area contributed by atoms with Gasteiger partial charge in [0.2, 0.25) is 0 Å². The van der Waals surface area contributed by atoms with Crippen molar-refractivity contribution in [3.05, 3.63) is 78.1 Å². The van der Waals surface area contributed by atoms with E-state index in [2.05, 4.69) is 35.4 Å². The third kappa shape index (κ3) is 3.51. The van der Waals surface area contributed by atoms with Crippen molar-refractivity contribution in [3.63, 3.8) is 0 Å². The number of nitrogens with zero attached hydrogens (tertiary/aromatic N) is 1. The molecule has 0 saturated carbocycles.